The van der Waals surface area contributed by atoms with Crippen LogP contribution in [0.4, 0.5) is 0 Å². The normalized spacial score (nSPS) is 43.7. The van der Waals surface area contributed by atoms with Gasteiger partial charge in [0.2, 0.25) is 0 Å². The standard InChI is InChI=1S/C34H40N2O2/c37-29(27-7-3-1-4-8-27)35-33-17-23-11-24(18-33)14-31(13-23,21-33)32-15-25-12-26(16-32)20-34(19-25,22-32)36-30(38)28-9-5-2-6-10-28/h1-10,23-26H,11-22H2,(H,35,37)(H,36,38). The van der Waals surface area contributed by atoms with E-state index in [1.807, 2.05) is 60.7 Å². The molecule has 2 N–H and O–H groups in total. The second kappa shape index (κ2) is 7.96. The van der Waals surface area contributed by atoms with Crippen molar-refractivity contribution in [3.8, 4) is 0 Å². The molecular formula is C34H40N2O2. The Hall–Kier alpha value is -2.62. The van der Waals surface area contributed by atoms with Crippen molar-refractivity contribution in [1.82, 2.24) is 10.6 Å². The quantitative estimate of drug-likeness (QED) is 0.483. The largest absolute Gasteiger partial charge is 0.347 e. The van der Waals surface area contributed by atoms with Gasteiger partial charge in [0, 0.05) is 22.2 Å². The van der Waals surface area contributed by atoms with E-state index in [0.29, 0.717) is 10.8 Å². The molecule has 4 nitrogen and oxygen atoms in total. The van der Waals surface area contributed by atoms with E-state index in [4.69, 9.17) is 0 Å². The lowest BCUT2D eigenvalue weighted by molar-refractivity contribution is -0.213. The maximum absolute atomic E-state index is 13.4. The van der Waals surface area contributed by atoms with Crippen LogP contribution in [0.15, 0.2) is 60.7 Å². The first-order valence-corrected chi connectivity index (χ1v) is 15.1. The highest BCUT2D eigenvalue weighted by atomic mass is 16.2. The molecule has 4 unspecified atom stereocenters. The summed E-state index contributed by atoms with van der Waals surface area (Å²) >= 11 is 0. The van der Waals surface area contributed by atoms with Gasteiger partial charge in [-0.2, -0.15) is 0 Å². The van der Waals surface area contributed by atoms with Crippen molar-refractivity contribution < 1.29 is 9.59 Å². The van der Waals surface area contributed by atoms with Gasteiger partial charge < -0.3 is 10.6 Å². The highest BCUT2D eigenvalue weighted by molar-refractivity contribution is 5.95. The lowest BCUT2D eigenvalue weighted by Crippen LogP contribution is -2.71. The fraction of sp³-hybridized carbons (Fsp3) is 0.588. The van der Waals surface area contributed by atoms with Crippen molar-refractivity contribution in [1.29, 1.82) is 0 Å². The molecule has 8 aliphatic rings. The average Bonchev–Trinajstić information content (AvgIpc) is 2.87. The van der Waals surface area contributed by atoms with Crippen LogP contribution in [0, 0.1) is 34.5 Å². The van der Waals surface area contributed by atoms with Crippen molar-refractivity contribution in [2.45, 2.75) is 88.1 Å². The molecule has 2 amide bonds. The molecule has 0 saturated heterocycles. The van der Waals surface area contributed by atoms with E-state index in [-0.39, 0.29) is 22.9 Å². The third-order valence-electron chi connectivity index (χ3n) is 12.1. The van der Waals surface area contributed by atoms with Crippen molar-refractivity contribution in [3.63, 3.8) is 0 Å². The Labute approximate surface area is 226 Å². The summed E-state index contributed by atoms with van der Waals surface area (Å²) in [5.41, 5.74) is 2.08. The summed E-state index contributed by atoms with van der Waals surface area (Å²) in [5.74, 6) is 3.15. The molecule has 38 heavy (non-hydrogen) atoms. The average molecular weight is 509 g/mol. The van der Waals surface area contributed by atoms with Crippen molar-refractivity contribution in [3.05, 3.63) is 71.8 Å². The third kappa shape index (κ3) is 3.47. The van der Waals surface area contributed by atoms with Gasteiger partial charge in [-0.15, -0.1) is 0 Å². The number of nitrogens with one attached hydrogen (secondary N) is 2. The first-order chi connectivity index (χ1) is 18.4. The van der Waals surface area contributed by atoms with Gasteiger partial charge in [-0.25, -0.2) is 0 Å². The molecule has 10 rings (SSSR count). The van der Waals surface area contributed by atoms with Gasteiger partial charge in [0.05, 0.1) is 0 Å². The van der Waals surface area contributed by atoms with E-state index in [1.165, 1.54) is 38.5 Å². The highest BCUT2D eigenvalue weighted by Gasteiger charge is 2.70. The third-order valence-corrected chi connectivity index (χ3v) is 12.1. The van der Waals surface area contributed by atoms with Crippen LogP contribution < -0.4 is 10.6 Å². The Balaban J connectivity index is 1.12. The molecule has 0 radical (unpaired) electrons. The SMILES string of the molecule is O=C(NC12CC3CC(C1)CC(C14CC5CC(CC(NC(=O)c6ccccc6)(C5)C1)C4)(C3)C2)c1ccccc1. The van der Waals surface area contributed by atoms with Gasteiger partial charge in [0.15, 0.2) is 0 Å². The number of benzene rings is 2. The predicted octanol–water partition coefficient (Wildman–Crippen LogP) is 6.52. The van der Waals surface area contributed by atoms with Gasteiger partial charge in [0.1, 0.15) is 0 Å². The van der Waals surface area contributed by atoms with E-state index in [2.05, 4.69) is 10.6 Å². The molecule has 8 fully saturated rings. The van der Waals surface area contributed by atoms with Crippen LogP contribution in [0.3, 0.4) is 0 Å². The predicted molar refractivity (Wildman–Crippen MR) is 148 cm³/mol. The summed E-state index contributed by atoms with van der Waals surface area (Å²) in [5, 5.41) is 7.30. The minimum Gasteiger partial charge on any atom is -0.347 e. The van der Waals surface area contributed by atoms with Crippen molar-refractivity contribution in [2.24, 2.45) is 34.5 Å². The first kappa shape index (κ1) is 23.3. The van der Waals surface area contributed by atoms with Crippen LogP contribution in [0.5, 0.6) is 0 Å². The Morgan fingerprint density at radius 2 is 0.868 bits per heavy atom. The Morgan fingerprint density at radius 3 is 1.21 bits per heavy atom. The Bertz CT molecular complexity index is 1140. The van der Waals surface area contributed by atoms with E-state index in [0.717, 1.165) is 73.3 Å². The lowest BCUT2D eigenvalue weighted by atomic mass is 9.33. The summed E-state index contributed by atoms with van der Waals surface area (Å²) < 4.78 is 0. The minimum absolute atomic E-state index is 0.0548. The number of carbonyl (C=O) groups excluding carboxylic acids is 2. The summed E-state index contributed by atoms with van der Waals surface area (Å²) in [6, 6.07) is 19.6. The van der Waals surface area contributed by atoms with Gasteiger partial charge in [-0.05, 0) is 136 Å². The van der Waals surface area contributed by atoms with Crippen LogP contribution >= 0.6 is 0 Å². The molecule has 0 spiro atoms. The maximum atomic E-state index is 13.4. The number of hydrogen-bond acceptors (Lipinski definition) is 2. The summed E-state index contributed by atoms with van der Waals surface area (Å²) in [6.07, 6.45) is 15.0. The van der Waals surface area contributed by atoms with Crippen molar-refractivity contribution >= 4 is 11.8 Å². The number of rotatable bonds is 5. The van der Waals surface area contributed by atoms with E-state index in [1.54, 1.807) is 0 Å². The minimum atomic E-state index is -0.0548. The zero-order valence-corrected chi connectivity index (χ0v) is 22.4. The maximum Gasteiger partial charge on any atom is 0.251 e. The van der Waals surface area contributed by atoms with Gasteiger partial charge in [-0.3, -0.25) is 9.59 Å². The smallest absolute Gasteiger partial charge is 0.251 e. The zero-order chi connectivity index (χ0) is 25.6. The topological polar surface area (TPSA) is 58.2 Å². The fourth-order valence-electron chi connectivity index (χ4n) is 11.9. The second-order valence-electron chi connectivity index (χ2n) is 14.7. The lowest BCUT2D eigenvalue weighted by Gasteiger charge is -2.73. The van der Waals surface area contributed by atoms with Gasteiger partial charge in [-0.1, -0.05) is 36.4 Å². The molecule has 2 aromatic rings. The summed E-state index contributed by atoms with van der Waals surface area (Å²) in [7, 11) is 0. The Morgan fingerprint density at radius 1 is 0.526 bits per heavy atom. The van der Waals surface area contributed by atoms with E-state index >= 15 is 0 Å². The zero-order valence-electron chi connectivity index (χ0n) is 22.4. The molecule has 4 heteroatoms. The second-order valence-corrected chi connectivity index (χ2v) is 14.7. The monoisotopic (exact) mass is 508 g/mol. The van der Waals surface area contributed by atoms with Crippen LogP contribution in [0.2, 0.25) is 0 Å². The molecule has 8 bridgehead atoms. The van der Waals surface area contributed by atoms with Crippen LogP contribution in [-0.2, 0) is 0 Å². The number of hydrogen-bond donors (Lipinski definition) is 2. The molecule has 4 atom stereocenters. The van der Waals surface area contributed by atoms with Crippen molar-refractivity contribution in [2.75, 3.05) is 0 Å². The molecule has 0 heterocycles. The van der Waals surface area contributed by atoms with E-state index < -0.39 is 0 Å². The molecule has 8 saturated carbocycles. The molecule has 0 aromatic heterocycles. The number of carbonyl (C=O) groups is 2. The Kier molecular flexibility index (Phi) is 4.88. The summed E-state index contributed by atoms with van der Waals surface area (Å²) in [6.45, 7) is 0. The van der Waals surface area contributed by atoms with Gasteiger partial charge >= 0.3 is 0 Å². The number of amides is 2. The highest BCUT2D eigenvalue weighted by Crippen LogP contribution is 2.76. The molecule has 2 aromatic carbocycles. The summed E-state index contributed by atoms with van der Waals surface area (Å²) in [4.78, 5) is 26.9. The van der Waals surface area contributed by atoms with E-state index in [9.17, 15) is 9.59 Å². The first-order valence-electron chi connectivity index (χ1n) is 15.1. The van der Waals surface area contributed by atoms with Gasteiger partial charge in [0.25, 0.3) is 11.8 Å². The van der Waals surface area contributed by atoms with Crippen LogP contribution in [0.25, 0.3) is 0 Å². The molecule has 8 aliphatic carbocycles. The molecular weight excluding hydrogens is 468 g/mol. The molecule has 198 valence electrons. The molecule has 0 aliphatic heterocycles. The fourth-order valence-corrected chi connectivity index (χ4v) is 11.9. The van der Waals surface area contributed by atoms with Crippen LogP contribution in [0.1, 0.15) is 97.8 Å². The van der Waals surface area contributed by atoms with Crippen LogP contribution in [-0.4, -0.2) is 22.9 Å².